The van der Waals surface area contributed by atoms with Crippen LogP contribution in [0, 0.1) is 0 Å². The number of nitrogens with two attached hydrogens (primary N) is 1. The molecule has 1 aliphatic heterocycles. The van der Waals surface area contributed by atoms with Gasteiger partial charge in [-0.2, -0.15) is 0 Å². The monoisotopic (exact) mass is 385 g/mol. The van der Waals surface area contributed by atoms with Crippen molar-refractivity contribution in [3.63, 3.8) is 0 Å². The molecule has 3 N–H and O–H groups in total. The van der Waals surface area contributed by atoms with Crippen LogP contribution in [0.1, 0.15) is 55.9 Å². The molecule has 8 heteroatoms. The molecule has 28 heavy (non-hydrogen) atoms. The zero-order chi connectivity index (χ0) is 20.1. The number of nitrogens with one attached hydrogen (secondary N) is 1. The van der Waals surface area contributed by atoms with Crippen molar-refractivity contribution in [3.05, 3.63) is 47.5 Å². The van der Waals surface area contributed by atoms with Gasteiger partial charge in [-0.25, -0.2) is 0 Å². The predicted molar refractivity (Wildman–Crippen MR) is 103 cm³/mol. The first-order valence-electron chi connectivity index (χ1n) is 9.50. The van der Waals surface area contributed by atoms with Gasteiger partial charge in [-0.1, -0.05) is 30.3 Å². The molecule has 150 valence electrons. The lowest BCUT2D eigenvalue weighted by molar-refractivity contribution is -0.126. The highest BCUT2D eigenvalue weighted by molar-refractivity contribution is 5.85. The number of carbonyl (C=O) groups is 2. The summed E-state index contributed by atoms with van der Waals surface area (Å²) in [5, 5.41) is 11.4. The summed E-state index contributed by atoms with van der Waals surface area (Å²) in [7, 11) is 0. The van der Waals surface area contributed by atoms with Crippen LogP contribution < -0.4 is 11.1 Å². The van der Waals surface area contributed by atoms with Gasteiger partial charge in [0.15, 0.2) is 5.82 Å². The lowest BCUT2D eigenvalue weighted by atomic mass is 10.0. The molecule has 0 saturated heterocycles. The fraction of sp³-hybridized carbons (Fsp3) is 0.500. The van der Waals surface area contributed by atoms with Crippen LogP contribution in [0.25, 0.3) is 0 Å². The van der Waals surface area contributed by atoms with Crippen LogP contribution in [0.4, 0.5) is 0 Å². The number of hydrogen-bond donors (Lipinski definition) is 2. The molecule has 1 aliphatic rings. The second-order valence-electron chi connectivity index (χ2n) is 7.70. The zero-order valence-electron chi connectivity index (χ0n) is 16.3. The number of rotatable bonds is 8. The molecule has 0 bridgehead atoms. The van der Waals surface area contributed by atoms with Gasteiger partial charge in [-0.3, -0.25) is 4.79 Å². The Morgan fingerprint density at radius 3 is 2.82 bits per heavy atom. The molecule has 0 spiro atoms. The number of ether oxygens (including phenoxy) is 1. The first-order chi connectivity index (χ1) is 13.4. The van der Waals surface area contributed by atoms with Crippen LogP contribution in [0.2, 0.25) is 0 Å². The molecular weight excluding hydrogens is 358 g/mol. The van der Waals surface area contributed by atoms with E-state index in [4.69, 9.17) is 10.5 Å². The van der Waals surface area contributed by atoms with E-state index >= 15 is 0 Å². The maximum absolute atomic E-state index is 12.5. The summed E-state index contributed by atoms with van der Waals surface area (Å²) in [5.74, 6) is 0.668. The highest BCUT2D eigenvalue weighted by atomic mass is 16.5. The number of fused-ring (bicyclic) bond motifs is 1. The Morgan fingerprint density at radius 1 is 1.39 bits per heavy atom. The quantitative estimate of drug-likeness (QED) is 0.666. The number of hydrogen-bond acceptors (Lipinski definition) is 6. The Bertz CT molecular complexity index is 813. The van der Waals surface area contributed by atoms with E-state index in [9.17, 15) is 9.59 Å². The van der Waals surface area contributed by atoms with Crippen molar-refractivity contribution in [1.82, 2.24) is 20.1 Å². The first-order valence-corrected chi connectivity index (χ1v) is 9.50. The van der Waals surface area contributed by atoms with Crippen LogP contribution in [-0.2, 0) is 27.5 Å². The molecule has 1 amide bonds. The Kier molecular flexibility index (Phi) is 6.21. The largest absolute Gasteiger partial charge is 0.374 e. The number of amides is 1. The van der Waals surface area contributed by atoms with Crippen molar-refractivity contribution in [2.75, 3.05) is 6.61 Å². The Labute approximate surface area is 164 Å². The van der Waals surface area contributed by atoms with Crippen LogP contribution in [0.5, 0.6) is 0 Å². The van der Waals surface area contributed by atoms with Crippen molar-refractivity contribution < 1.29 is 14.3 Å². The Balaban J connectivity index is 1.79. The summed E-state index contributed by atoms with van der Waals surface area (Å²) in [6, 6.07) is 9.29. The van der Waals surface area contributed by atoms with Crippen molar-refractivity contribution in [3.8, 4) is 0 Å². The van der Waals surface area contributed by atoms with Crippen molar-refractivity contribution in [2.45, 2.75) is 57.3 Å². The topological polar surface area (TPSA) is 112 Å². The summed E-state index contributed by atoms with van der Waals surface area (Å²) >= 11 is 0. The molecule has 0 radical (unpaired) electrons. The SMILES string of the molecule is CC(C)(N)C(=O)N[C@H](COCc1ccccc1)c1nnc2n1CCCC2C=O. The van der Waals surface area contributed by atoms with E-state index in [-0.39, 0.29) is 18.4 Å². The maximum atomic E-state index is 12.5. The molecule has 2 aromatic rings. The average Bonchev–Trinajstić information content (AvgIpc) is 3.11. The van der Waals surface area contributed by atoms with Gasteiger partial charge >= 0.3 is 0 Å². The molecule has 2 atom stereocenters. The summed E-state index contributed by atoms with van der Waals surface area (Å²) in [4.78, 5) is 23.8. The fourth-order valence-corrected chi connectivity index (χ4v) is 3.21. The van der Waals surface area contributed by atoms with Gasteiger partial charge in [0.25, 0.3) is 0 Å². The Hall–Kier alpha value is -2.58. The molecule has 1 aromatic carbocycles. The van der Waals surface area contributed by atoms with E-state index < -0.39 is 11.6 Å². The minimum atomic E-state index is -1.03. The smallest absolute Gasteiger partial charge is 0.240 e. The van der Waals surface area contributed by atoms with Gasteiger partial charge < -0.3 is 25.1 Å². The van der Waals surface area contributed by atoms with Gasteiger partial charge in [-0.15, -0.1) is 10.2 Å². The van der Waals surface area contributed by atoms with Crippen LogP contribution >= 0.6 is 0 Å². The summed E-state index contributed by atoms with van der Waals surface area (Å²) in [5.41, 5.74) is 5.94. The molecule has 2 heterocycles. The minimum absolute atomic E-state index is 0.223. The molecule has 1 unspecified atom stereocenters. The van der Waals surface area contributed by atoms with E-state index in [1.54, 1.807) is 13.8 Å². The lowest BCUT2D eigenvalue weighted by Gasteiger charge is -2.26. The van der Waals surface area contributed by atoms with Crippen LogP contribution in [0.15, 0.2) is 30.3 Å². The van der Waals surface area contributed by atoms with Gasteiger partial charge in [0.05, 0.1) is 24.7 Å². The highest BCUT2D eigenvalue weighted by Crippen LogP contribution is 2.27. The molecule has 3 rings (SSSR count). The van der Waals surface area contributed by atoms with E-state index in [1.165, 1.54) is 0 Å². The van der Waals surface area contributed by atoms with Gasteiger partial charge in [0.1, 0.15) is 18.2 Å². The average molecular weight is 385 g/mol. The summed E-state index contributed by atoms with van der Waals surface area (Å²) in [6.45, 7) is 4.63. The fourth-order valence-electron chi connectivity index (χ4n) is 3.21. The second kappa shape index (κ2) is 8.62. The van der Waals surface area contributed by atoms with E-state index in [2.05, 4.69) is 15.5 Å². The third-order valence-corrected chi connectivity index (χ3v) is 4.80. The van der Waals surface area contributed by atoms with Crippen molar-refractivity contribution in [1.29, 1.82) is 0 Å². The number of nitrogens with zero attached hydrogens (tertiary/aromatic N) is 3. The molecule has 0 saturated carbocycles. The summed E-state index contributed by atoms with van der Waals surface area (Å²) < 4.78 is 7.78. The molecule has 0 aliphatic carbocycles. The first kappa shape index (κ1) is 20.2. The van der Waals surface area contributed by atoms with E-state index in [0.29, 0.717) is 24.8 Å². The number of carbonyl (C=O) groups excluding carboxylic acids is 2. The maximum Gasteiger partial charge on any atom is 0.240 e. The number of aldehydes is 1. The highest BCUT2D eigenvalue weighted by Gasteiger charge is 2.31. The van der Waals surface area contributed by atoms with Crippen LogP contribution in [-0.4, -0.2) is 39.1 Å². The molecule has 0 fully saturated rings. The summed E-state index contributed by atoms with van der Waals surface area (Å²) in [6.07, 6.45) is 2.53. The van der Waals surface area contributed by atoms with Crippen LogP contribution in [0.3, 0.4) is 0 Å². The van der Waals surface area contributed by atoms with Crippen molar-refractivity contribution in [2.24, 2.45) is 5.73 Å². The third kappa shape index (κ3) is 4.63. The second-order valence-corrected chi connectivity index (χ2v) is 7.70. The zero-order valence-corrected chi connectivity index (χ0v) is 16.3. The number of benzene rings is 1. The minimum Gasteiger partial charge on any atom is -0.374 e. The standard InChI is InChI=1S/C20H27N5O3/c1-20(2,21)19(27)22-16(13-28-12-14-7-4-3-5-8-14)18-24-23-17-15(11-26)9-6-10-25(17)18/h3-5,7-8,11,15-16H,6,9-10,12-13,21H2,1-2H3,(H,22,27)/t15?,16-/m1/s1. The van der Waals surface area contributed by atoms with Gasteiger partial charge in [-0.05, 0) is 32.3 Å². The Morgan fingerprint density at radius 2 is 2.14 bits per heavy atom. The predicted octanol–water partition coefficient (Wildman–Crippen LogP) is 1.47. The van der Waals surface area contributed by atoms with E-state index in [1.807, 2.05) is 34.9 Å². The molecule has 8 nitrogen and oxygen atoms in total. The van der Waals surface area contributed by atoms with E-state index in [0.717, 1.165) is 24.7 Å². The molecular formula is C20H27N5O3. The number of aromatic nitrogens is 3. The molecule has 1 aromatic heterocycles. The van der Waals surface area contributed by atoms with Gasteiger partial charge in [0.2, 0.25) is 5.91 Å². The lowest BCUT2D eigenvalue weighted by Crippen LogP contribution is -2.51. The van der Waals surface area contributed by atoms with Crippen molar-refractivity contribution >= 4 is 12.2 Å². The normalized spacial score (nSPS) is 17.6. The van der Waals surface area contributed by atoms with Gasteiger partial charge in [0, 0.05) is 6.54 Å². The third-order valence-electron chi connectivity index (χ3n) is 4.80.